The van der Waals surface area contributed by atoms with E-state index < -0.39 is 0 Å². The lowest BCUT2D eigenvalue weighted by atomic mass is 10.1. The van der Waals surface area contributed by atoms with E-state index in [9.17, 15) is 0 Å². The summed E-state index contributed by atoms with van der Waals surface area (Å²) in [5, 5.41) is 7.78. The number of para-hydroxylation sites is 1. The molecular weight excluding hydrogens is 391 g/mol. The van der Waals surface area contributed by atoms with Crippen molar-refractivity contribution in [2.75, 3.05) is 20.7 Å². The van der Waals surface area contributed by atoms with E-state index in [-0.39, 0.29) is 29.6 Å². The Balaban J connectivity index is 0.00000242. The van der Waals surface area contributed by atoms with Crippen LogP contribution in [0, 0.1) is 0 Å². The van der Waals surface area contributed by atoms with Gasteiger partial charge in [0.1, 0.15) is 0 Å². The molecule has 22 heavy (non-hydrogen) atoms. The summed E-state index contributed by atoms with van der Waals surface area (Å²) < 4.78 is 5.38. The normalized spacial score (nSPS) is 12.1. The van der Waals surface area contributed by atoms with Gasteiger partial charge in [-0.3, -0.25) is 4.99 Å². The number of hydrogen-bond acceptors (Lipinski definition) is 2. The number of ether oxygens (including phenoxy) is 1. The maximum atomic E-state index is 5.38. The minimum Gasteiger partial charge on any atom is -0.377 e. The molecule has 122 valence electrons. The van der Waals surface area contributed by atoms with Crippen LogP contribution in [0.15, 0.2) is 35.3 Å². The number of guanidine groups is 1. The highest BCUT2D eigenvalue weighted by molar-refractivity contribution is 14.0. The van der Waals surface area contributed by atoms with Gasteiger partial charge in [-0.25, -0.2) is 0 Å². The van der Waals surface area contributed by atoms with E-state index in [0.717, 1.165) is 17.2 Å². The minimum absolute atomic E-state index is 0. The first-order valence-electron chi connectivity index (χ1n) is 7.10. The van der Waals surface area contributed by atoms with E-state index in [1.54, 1.807) is 14.2 Å². The van der Waals surface area contributed by atoms with E-state index >= 15 is 0 Å². The maximum absolute atomic E-state index is 5.38. The van der Waals surface area contributed by atoms with Crippen LogP contribution in [0.4, 0.5) is 0 Å². The number of benzene rings is 1. The number of aromatic nitrogens is 1. The first-order chi connectivity index (χ1) is 10.0. The molecule has 0 atom stereocenters. The van der Waals surface area contributed by atoms with Crippen LogP contribution in [0.2, 0.25) is 0 Å². The van der Waals surface area contributed by atoms with Crippen molar-refractivity contribution in [2.24, 2.45) is 4.99 Å². The van der Waals surface area contributed by atoms with Crippen molar-refractivity contribution in [1.82, 2.24) is 15.6 Å². The third-order valence-electron chi connectivity index (χ3n) is 3.49. The Labute approximate surface area is 148 Å². The summed E-state index contributed by atoms with van der Waals surface area (Å²) in [6.45, 7) is 5.45. The monoisotopic (exact) mass is 416 g/mol. The minimum atomic E-state index is -0.223. The summed E-state index contributed by atoms with van der Waals surface area (Å²) in [6.07, 6.45) is 0. The van der Waals surface area contributed by atoms with Gasteiger partial charge in [-0.1, -0.05) is 18.2 Å². The summed E-state index contributed by atoms with van der Waals surface area (Å²) >= 11 is 0. The smallest absolute Gasteiger partial charge is 0.191 e. The average Bonchev–Trinajstić information content (AvgIpc) is 2.90. The number of aliphatic imine (C=N–C) groups is 1. The Hall–Kier alpha value is -1.28. The zero-order chi connectivity index (χ0) is 15.3. The van der Waals surface area contributed by atoms with Crippen molar-refractivity contribution in [3.05, 3.63) is 36.0 Å². The number of halogens is 1. The SMILES string of the molecule is CN=C(NCc1cc2ccccc2[nH]1)NCC(C)(C)OC.I. The molecule has 0 aliphatic heterocycles. The van der Waals surface area contributed by atoms with E-state index in [0.29, 0.717) is 13.1 Å². The number of methoxy groups -OCH3 is 1. The Bertz CT molecular complexity index is 588. The molecule has 0 amide bonds. The van der Waals surface area contributed by atoms with Crippen LogP contribution in [0.25, 0.3) is 10.9 Å². The molecule has 1 aromatic heterocycles. The molecule has 0 bridgehead atoms. The number of nitrogens with one attached hydrogen (secondary N) is 3. The number of aromatic amines is 1. The lowest BCUT2D eigenvalue weighted by molar-refractivity contribution is 0.0268. The summed E-state index contributed by atoms with van der Waals surface area (Å²) in [5.41, 5.74) is 2.06. The van der Waals surface area contributed by atoms with Gasteiger partial charge in [0.15, 0.2) is 5.96 Å². The third kappa shape index (κ3) is 5.17. The molecule has 0 radical (unpaired) electrons. The van der Waals surface area contributed by atoms with Crippen molar-refractivity contribution in [3.8, 4) is 0 Å². The molecular formula is C16H25IN4O. The van der Waals surface area contributed by atoms with Gasteiger partial charge < -0.3 is 20.4 Å². The first-order valence-corrected chi connectivity index (χ1v) is 7.10. The van der Waals surface area contributed by atoms with Gasteiger partial charge in [0, 0.05) is 31.9 Å². The standard InChI is InChI=1S/C16H24N4O.HI/c1-16(2,21-4)11-19-15(17-3)18-10-13-9-12-7-5-6-8-14(12)20-13;/h5-9,20H,10-11H2,1-4H3,(H2,17,18,19);1H. The predicted molar refractivity (Wildman–Crippen MR) is 103 cm³/mol. The van der Waals surface area contributed by atoms with Crippen LogP contribution in [0.3, 0.4) is 0 Å². The van der Waals surface area contributed by atoms with E-state index in [1.165, 1.54) is 5.39 Å². The zero-order valence-corrected chi connectivity index (χ0v) is 15.9. The second kappa shape index (κ2) is 8.38. The van der Waals surface area contributed by atoms with Crippen LogP contribution >= 0.6 is 24.0 Å². The molecule has 1 aromatic carbocycles. The highest BCUT2D eigenvalue weighted by atomic mass is 127. The number of fused-ring (bicyclic) bond motifs is 1. The third-order valence-corrected chi connectivity index (χ3v) is 3.49. The molecule has 0 spiro atoms. The predicted octanol–water partition coefficient (Wildman–Crippen LogP) is 2.88. The molecule has 6 heteroatoms. The molecule has 5 nitrogen and oxygen atoms in total. The summed E-state index contributed by atoms with van der Waals surface area (Å²) in [6, 6.07) is 10.4. The summed E-state index contributed by atoms with van der Waals surface area (Å²) in [7, 11) is 3.47. The van der Waals surface area contributed by atoms with Gasteiger partial charge >= 0.3 is 0 Å². The molecule has 0 saturated carbocycles. The van der Waals surface area contributed by atoms with Gasteiger partial charge in [-0.2, -0.15) is 0 Å². The molecule has 0 saturated heterocycles. The van der Waals surface area contributed by atoms with Crippen molar-refractivity contribution in [3.63, 3.8) is 0 Å². The molecule has 0 unspecified atom stereocenters. The Morgan fingerprint density at radius 3 is 2.64 bits per heavy atom. The van der Waals surface area contributed by atoms with E-state index in [1.807, 2.05) is 26.0 Å². The molecule has 0 aliphatic carbocycles. The molecule has 2 aromatic rings. The molecule has 1 heterocycles. The summed E-state index contributed by atoms with van der Waals surface area (Å²) in [5.74, 6) is 0.763. The molecule has 3 N–H and O–H groups in total. The van der Waals surface area contributed by atoms with Gasteiger partial charge in [-0.05, 0) is 31.4 Å². The molecule has 0 fully saturated rings. The second-order valence-electron chi connectivity index (χ2n) is 5.62. The zero-order valence-electron chi connectivity index (χ0n) is 13.6. The van der Waals surface area contributed by atoms with Gasteiger partial charge in [0.2, 0.25) is 0 Å². The first kappa shape index (κ1) is 18.8. The van der Waals surface area contributed by atoms with Gasteiger partial charge in [0.05, 0.1) is 12.1 Å². The highest BCUT2D eigenvalue weighted by Crippen LogP contribution is 2.14. The highest BCUT2D eigenvalue weighted by Gasteiger charge is 2.16. The topological polar surface area (TPSA) is 61.4 Å². The lowest BCUT2D eigenvalue weighted by Crippen LogP contribution is -2.45. The van der Waals surface area contributed by atoms with E-state index in [4.69, 9.17) is 4.74 Å². The Morgan fingerprint density at radius 1 is 1.27 bits per heavy atom. The quantitative estimate of drug-likeness (QED) is 0.399. The van der Waals surface area contributed by atoms with Crippen LogP contribution in [0.1, 0.15) is 19.5 Å². The van der Waals surface area contributed by atoms with Crippen molar-refractivity contribution >= 4 is 40.8 Å². The number of rotatable bonds is 5. The van der Waals surface area contributed by atoms with Crippen LogP contribution in [-0.2, 0) is 11.3 Å². The fourth-order valence-electron chi connectivity index (χ4n) is 2.00. The van der Waals surface area contributed by atoms with Crippen molar-refractivity contribution < 1.29 is 4.74 Å². The number of H-pyrrole nitrogens is 1. The van der Waals surface area contributed by atoms with Gasteiger partial charge in [0.25, 0.3) is 0 Å². The van der Waals surface area contributed by atoms with Gasteiger partial charge in [-0.15, -0.1) is 24.0 Å². The lowest BCUT2D eigenvalue weighted by Gasteiger charge is -2.24. The largest absolute Gasteiger partial charge is 0.377 e. The number of hydrogen-bond donors (Lipinski definition) is 3. The van der Waals surface area contributed by atoms with Crippen LogP contribution in [0.5, 0.6) is 0 Å². The fraction of sp³-hybridized carbons (Fsp3) is 0.438. The molecule has 2 rings (SSSR count). The van der Waals surface area contributed by atoms with Crippen molar-refractivity contribution in [2.45, 2.75) is 26.0 Å². The average molecular weight is 416 g/mol. The Kier molecular flexibility index (Phi) is 7.15. The molecule has 0 aliphatic rings. The van der Waals surface area contributed by atoms with Crippen molar-refractivity contribution in [1.29, 1.82) is 0 Å². The second-order valence-corrected chi connectivity index (χ2v) is 5.62. The fourth-order valence-corrected chi connectivity index (χ4v) is 2.00. The van der Waals surface area contributed by atoms with Crippen LogP contribution in [-0.4, -0.2) is 37.2 Å². The van der Waals surface area contributed by atoms with E-state index in [2.05, 4.69) is 38.8 Å². The van der Waals surface area contributed by atoms with Crippen LogP contribution < -0.4 is 10.6 Å². The number of nitrogens with zero attached hydrogens (tertiary/aromatic N) is 1. The summed E-state index contributed by atoms with van der Waals surface area (Å²) in [4.78, 5) is 7.61. The Morgan fingerprint density at radius 2 is 2.00 bits per heavy atom. The maximum Gasteiger partial charge on any atom is 0.191 e.